The average Bonchev–Trinajstić information content (AvgIpc) is 2.51. The standard InChI is InChI=1S/C17H16BrN5/c1-11-6-7-15(12(2)8-11)21-16-10-19-23-17(22-16)20-14-5-3-4-13(18)9-14/h3-10H,1-2H3,(H2,20,21,22,23). The summed E-state index contributed by atoms with van der Waals surface area (Å²) in [4.78, 5) is 4.45. The van der Waals surface area contributed by atoms with Crippen LogP contribution in [-0.2, 0) is 0 Å². The van der Waals surface area contributed by atoms with Crippen molar-refractivity contribution in [3.05, 3.63) is 64.3 Å². The van der Waals surface area contributed by atoms with Crippen molar-refractivity contribution in [2.24, 2.45) is 0 Å². The fourth-order valence-electron chi connectivity index (χ4n) is 2.20. The summed E-state index contributed by atoms with van der Waals surface area (Å²) >= 11 is 3.44. The van der Waals surface area contributed by atoms with Gasteiger partial charge in [0.15, 0.2) is 5.82 Å². The first-order valence-electron chi connectivity index (χ1n) is 7.17. The molecule has 0 fully saturated rings. The molecule has 0 aliphatic rings. The zero-order valence-electron chi connectivity index (χ0n) is 12.8. The summed E-state index contributed by atoms with van der Waals surface area (Å²) in [6.45, 7) is 4.13. The van der Waals surface area contributed by atoms with Crippen molar-refractivity contribution in [1.29, 1.82) is 0 Å². The lowest BCUT2D eigenvalue weighted by atomic mass is 10.1. The highest BCUT2D eigenvalue weighted by Crippen LogP contribution is 2.22. The van der Waals surface area contributed by atoms with Crippen molar-refractivity contribution in [3.63, 3.8) is 0 Å². The van der Waals surface area contributed by atoms with Gasteiger partial charge in [-0.25, -0.2) is 0 Å². The van der Waals surface area contributed by atoms with E-state index in [1.54, 1.807) is 6.20 Å². The molecule has 0 bridgehead atoms. The van der Waals surface area contributed by atoms with Crippen LogP contribution >= 0.6 is 15.9 Å². The lowest BCUT2D eigenvalue weighted by Gasteiger charge is -2.10. The van der Waals surface area contributed by atoms with E-state index in [-0.39, 0.29) is 0 Å². The lowest BCUT2D eigenvalue weighted by Crippen LogP contribution is -2.03. The zero-order valence-corrected chi connectivity index (χ0v) is 14.4. The van der Waals surface area contributed by atoms with Gasteiger partial charge < -0.3 is 10.6 Å². The summed E-state index contributed by atoms with van der Waals surface area (Å²) in [5.74, 6) is 1.09. The molecule has 116 valence electrons. The van der Waals surface area contributed by atoms with E-state index in [4.69, 9.17) is 0 Å². The maximum atomic E-state index is 4.45. The second-order valence-corrected chi connectivity index (χ2v) is 6.16. The van der Waals surface area contributed by atoms with Gasteiger partial charge in [0.1, 0.15) is 0 Å². The number of aromatic nitrogens is 3. The Balaban J connectivity index is 1.79. The third-order valence-corrected chi connectivity index (χ3v) is 3.78. The van der Waals surface area contributed by atoms with Crippen molar-refractivity contribution in [2.45, 2.75) is 13.8 Å². The Morgan fingerprint density at radius 3 is 2.65 bits per heavy atom. The van der Waals surface area contributed by atoms with Crippen molar-refractivity contribution in [1.82, 2.24) is 15.2 Å². The molecule has 1 heterocycles. The molecule has 5 nitrogen and oxygen atoms in total. The van der Waals surface area contributed by atoms with Gasteiger partial charge in [0, 0.05) is 15.8 Å². The molecule has 2 N–H and O–H groups in total. The van der Waals surface area contributed by atoms with E-state index in [1.807, 2.05) is 30.3 Å². The molecule has 0 amide bonds. The average molecular weight is 370 g/mol. The monoisotopic (exact) mass is 369 g/mol. The fraction of sp³-hybridized carbons (Fsp3) is 0.118. The van der Waals surface area contributed by atoms with Crippen LogP contribution in [0, 0.1) is 13.8 Å². The maximum Gasteiger partial charge on any atom is 0.249 e. The molecule has 0 aliphatic carbocycles. The van der Waals surface area contributed by atoms with Gasteiger partial charge in [-0.2, -0.15) is 10.1 Å². The van der Waals surface area contributed by atoms with E-state index in [0.29, 0.717) is 11.8 Å². The lowest BCUT2D eigenvalue weighted by molar-refractivity contribution is 0.982. The second kappa shape index (κ2) is 6.75. The SMILES string of the molecule is Cc1ccc(Nc2cnnc(Nc3cccc(Br)c3)n2)c(C)c1. The van der Waals surface area contributed by atoms with Crippen LogP contribution in [0.25, 0.3) is 0 Å². The Hall–Kier alpha value is -2.47. The molecule has 0 saturated carbocycles. The molecule has 3 rings (SSSR count). The zero-order chi connectivity index (χ0) is 16.2. The van der Waals surface area contributed by atoms with E-state index in [2.05, 4.69) is 67.7 Å². The number of aryl methyl sites for hydroxylation is 2. The first-order chi connectivity index (χ1) is 11.1. The number of rotatable bonds is 4. The number of anilines is 4. The van der Waals surface area contributed by atoms with Crippen molar-refractivity contribution < 1.29 is 0 Å². The number of benzene rings is 2. The minimum absolute atomic E-state index is 0.442. The Bertz CT molecular complexity index is 835. The second-order valence-electron chi connectivity index (χ2n) is 5.24. The van der Waals surface area contributed by atoms with Crippen LogP contribution in [0.5, 0.6) is 0 Å². The molecule has 1 aromatic heterocycles. The summed E-state index contributed by atoms with van der Waals surface area (Å²) in [5, 5.41) is 14.4. The number of nitrogens with zero attached hydrogens (tertiary/aromatic N) is 3. The van der Waals surface area contributed by atoms with Gasteiger partial charge in [0.2, 0.25) is 5.95 Å². The Kier molecular flexibility index (Phi) is 4.52. The molecule has 0 unspecified atom stereocenters. The van der Waals surface area contributed by atoms with Crippen molar-refractivity contribution in [3.8, 4) is 0 Å². The van der Waals surface area contributed by atoms with E-state index in [1.165, 1.54) is 5.56 Å². The molecule has 6 heteroatoms. The quantitative estimate of drug-likeness (QED) is 0.695. The van der Waals surface area contributed by atoms with E-state index < -0.39 is 0 Å². The molecule has 0 radical (unpaired) electrons. The largest absolute Gasteiger partial charge is 0.339 e. The minimum atomic E-state index is 0.442. The molecule has 2 aromatic carbocycles. The van der Waals surface area contributed by atoms with Gasteiger partial charge in [-0.15, -0.1) is 5.10 Å². The summed E-state index contributed by atoms with van der Waals surface area (Å²) < 4.78 is 0.986. The summed E-state index contributed by atoms with van der Waals surface area (Å²) in [7, 11) is 0. The van der Waals surface area contributed by atoms with Gasteiger partial charge in [0.05, 0.1) is 6.20 Å². The highest BCUT2D eigenvalue weighted by molar-refractivity contribution is 9.10. The topological polar surface area (TPSA) is 62.7 Å². The Morgan fingerprint density at radius 1 is 1.00 bits per heavy atom. The van der Waals surface area contributed by atoms with E-state index >= 15 is 0 Å². The molecule has 0 atom stereocenters. The number of halogens is 1. The molecular weight excluding hydrogens is 354 g/mol. The van der Waals surface area contributed by atoms with Gasteiger partial charge in [0.25, 0.3) is 0 Å². The van der Waals surface area contributed by atoms with Crippen LogP contribution < -0.4 is 10.6 Å². The van der Waals surface area contributed by atoms with E-state index in [0.717, 1.165) is 21.4 Å². The summed E-state index contributed by atoms with van der Waals surface area (Å²) in [5.41, 5.74) is 4.28. The molecule has 0 saturated heterocycles. The molecular formula is C17H16BrN5. The smallest absolute Gasteiger partial charge is 0.249 e. The predicted molar refractivity (Wildman–Crippen MR) is 96.5 cm³/mol. The number of nitrogens with one attached hydrogen (secondary N) is 2. The molecule has 23 heavy (non-hydrogen) atoms. The molecule has 0 spiro atoms. The predicted octanol–water partition coefficient (Wildman–Crippen LogP) is 4.74. The minimum Gasteiger partial charge on any atom is -0.339 e. The Morgan fingerprint density at radius 2 is 1.87 bits per heavy atom. The first kappa shape index (κ1) is 15.4. The van der Waals surface area contributed by atoms with Crippen molar-refractivity contribution >= 4 is 39.1 Å². The fourth-order valence-corrected chi connectivity index (χ4v) is 2.60. The summed E-state index contributed by atoms with van der Waals surface area (Å²) in [6.07, 6.45) is 1.60. The molecule has 0 aliphatic heterocycles. The highest BCUT2D eigenvalue weighted by Gasteiger charge is 2.04. The molecule has 3 aromatic rings. The van der Waals surface area contributed by atoms with Crippen molar-refractivity contribution in [2.75, 3.05) is 10.6 Å². The number of hydrogen-bond donors (Lipinski definition) is 2. The van der Waals surface area contributed by atoms with Gasteiger partial charge >= 0.3 is 0 Å². The van der Waals surface area contributed by atoms with Crippen LogP contribution in [0.15, 0.2) is 53.1 Å². The van der Waals surface area contributed by atoms with Crippen LogP contribution in [0.3, 0.4) is 0 Å². The Labute approximate surface area is 143 Å². The third-order valence-electron chi connectivity index (χ3n) is 3.28. The van der Waals surface area contributed by atoms with Crippen LogP contribution in [-0.4, -0.2) is 15.2 Å². The number of hydrogen-bond acceptors (Lipinski definition) is 5. The normalized spacial score (nSPS) is 10.4. The van der Waals surface area contributed by atoms with Gasteiger partial charge in [-0.1, -0.05) is 39.7 Å². The highest BCUT2D eigenvalue weighted by atomic mass is 79.9. The van der Waals surface area contributed by atoms with Crippen LogP contribution in [0.2, 0.25) is 0 Å². The van der Waals surface area contributed by atoms with Crippen LogP contribution in [0.1, 0.15) is 11.1 Å². The van der Waals surface area contributed by atoms with Crippen LogP contribution in [0.4, 0.5) is 23.1 Å². The van der Waals surface area contributed by atoms with Gasteiger partial charge in [-0.05, 0) is 43.7 Å². The van der Waals surface area contributed by atoms with E-state index in [9.17, 15) is 0 Å². The first-order valence-corrected chi connectivity index (χ1v) is 7.96. The summed E-state index contributed by atoms with van der Waals surface area (Å²) in [6, 6.07) is 14.0. The third kappa shape index (κ3) is 4.04. The van der Waals surface area contributed by atoms with Gasteiger partial charge in [-0.3, -0.25) is 0 Å². The maximum absolute atomic E-state index is 4.45.